The summed E-state index contributed by atoms with van der Waals surface area (Å²) < 4.78 is 0. The number of nitrogens with one attached hydrogen (secondary N) is 1. The molecule has 1 saturated carbocycles. The normalized spacial score (nSPS) is 30.1. The molecule has 0 aromatic rings. The van der Waals surface area contributed by atoms with Crippen LogP contribution in [-0.2, 0) is 4.79 Å². The largest absolute Gasteiger partial charge is 0.388 e. The molecule has 2 N–H and O–H groups in total. The Hall–Kier alpha value is -0.280. The van der Waals surface area contributed by atoms with Gasteiger partial charge < -0.3 is 10.4 Å². The lowest BCUT2D eigenvalue weighted by Gasteiger charge is -2.34. The molecule has 1 amide bonds. The first-order valence-corrected chi connectivity index (χ1v) is 6.64. The standard InChI is InChI=1S/C12H22ClNO2/c1-10-4-6-12(16,7-5-10)9-14-11(15)3-2-8-13/h10,16H,2-9H2,1H3,(H,14,15). The molecule has 0 saturated heterocycles. The minimum absolute atomic E-state index is 0.00676. The van der Waals surface area contributed by atoms with E-state index in [1.807, 2.05) is 0 Å². The Morgan fingerprint density at radius 1 is 1.50 bits per heavy atom. The van der Waals surface area contributed by atoms with Crippen molar-refractivity contribution >= 4 is 17.5 Å². The number of carbonyl (C=O) groups excluding carboxylic acids is 1. The fourth-order valence-corrected chi connectivity index (χ4v) is 2.19. The van der Waals surface area contributed by atoms with Crippen LogP contribution in [0, 0.1) is 5.92 Å². The zero-order chi connectivity index (χ0) is 12.0. The molecule has 94 valence electrons. The van der Waals surface area contributed by atoms with Crippen LogP contribution in [0.3, 0.4) is 0 Å². The maximum atomic E-state index is 11.4. The maximum absolute atomic E-state index is 11.4. The van der Waals surface area contributed by atoms with E-state index in [0.29, 0.717) is 31.2 Å². The molecular formula is C12H22ClNO2. The third-order valence-electron chi connectivity index (χ3n) is 3.36. The molecular weight excluding hydrogens is 226 g/mol. The van der Waals surface area contributed by atoms with Crippen LogP contribution in [0.5, 0.6) is 0 Å². The van der Waals surface area contributed by atoms with Gasteiger partial charge >= 0.3 is 0 Å². The number of hydrogen-bond donors (Lipinski definition) is 2. The highest BCUT2D eigenvalue weighted by Crippen LogP contribution is 2.31. The van der Waals surface area contributed by atoms with E-state index in [1.165, 1.54) is 0 Å². The summed E-state index contributed by atoms with van der Waals surface area (Å²) in [7, 11) is 0. The highest BCUT2D eigenvalue weighted by atomic mass is 35.5. The Balaban J connectivity index is 2.23. The van der Waals surface area contributed by atoms with Crippen LogP contribution in [0.2, 0.25) is 0 Å². The van der Waals surface area contributed by atoms with E-state index in [1.54, 1.807) is 0 Å². The average molecular weight is 248 g/mol. The van der Waals surface area contributed by atoms with Crippen molar-refractivity contribution in [1.82, 2.24) is 5.32 Å². The summed E-state index contributed by atoms with van der Waals surface area (Å²) in [4.78, 5) is 11.4. The summed E-state index contributed by atoms with van der Waals surface area (Å²) in [5, 5.41) is 13.0. The second kappa shape index (κ2) is 6.45. The van der Waals surface area contributed by atoms with Gasteiger partial charge in [-0.25, -0.2) is 0 Å². The van der Waals surface area contributed by atoms with Gasteiger partial charge in [0, 0.05) is 18.8 Å². The Morgan fingerprint density at radius 3 is 2.69 bits per heavy atom. The van der Waals surface area contributed by atoms with Gasteiger partial charge in [-0.15, -0.1) is 11.6 Å². The predicted molar refractivity (Wildman–Crippen MR) is 65.5 cm³/mol. The Labute approximate surface area is 103 Å². The van der Waals surface area contributed by atoms with E-state index in [-0.39, 0.29) is 5.91 Å². The van der Waals surface area contributed by atoms with Crippen molar-refractivity contribution in [2.75, 3.05) is 12.4 Å². The maximum Gasteiger partial charge on any atom is 0.220 e. The summed E-state index contributed by atoms with van der Waals surface area (Å²) in [5.41, 5.74) is -0.677. The number of alkyl halides is 1. The molecule has 0 aromatic heterocycles. The minimum atomic E-state index is -0.677. The lowest BCUT2D eigenvalue weighted by Crippen LogP contribution is -2.45. The summed E-state index contributed by atoms with van der Waals surface area (Å²) in [6.07, 6.45) is 4.84. The summed E-state index contributed by atoms with van der Waals surface area (Å²) in [6.45, 7) is 2.60. The molecule has 1 aliphatic carbocycles. The first kappa shape index (κ1) is 13.8. The lowest BCUT2D eigenvalue weighted by atomic mass is 9.79. The molecule has 1 aliphatic rings. The number of hydrogen-bond acceptors (Lipinski definition) is 2. The van der Waals surface area contributed by atoms with Gasteiger partial charge in [0.15, 0.2) is 0 Å². The Morgan fingerprint density at radius 2 is 2.12 bits per heavy atom. The van der Waals surface area contributed by atoms with Crippen LogP contribution in [0.4, 0.5) is 0 Å². The second-order valence-electron chi connectivity index (χ2n) is 4.98. The summed E-state index contributed by atoms with van der Waals surface area (Å²) in [6, 6.07) is 0. The number of aliphatic hydroxyl groups is 1. The second-order valence-corrected chi connectivity index (χ2v) is 5.35. The van der Waals surface area contributed by atoms with E-state index in [0.717, 1.165) is 25.7 Å². The van der Waals surface area contributed by atoms with Crippen LogP contribution in [0.15, 0.2) is 0 Å². The molecule has 3 nitrogen and oxygen atoms in total. The first-order valence-electron chi connectivity index (χ1n) is 6.11. The molecule has 0 heterocycles. The topological polar surface area (TPSA) is 49.3 Å². The fourth-order valence-electron chi connectivity index (χ4n) is 2.06. The predicted octanol–water partition coefficient (Wildman–Crippen LogP) is 2.06. The molecule has 16 heavy (non-hydrogen) atoms. The summed E-state index contributed by atoms with van der Waals surface area (Å²) >= 11 is 5.51. The third kappa shape index (κ3) is 4.71. The molecule has 1 rings (SSSR count). The van der Waals surface area contributed by atoms with Gasteiger partial charge in [0.1, 0.15) is 0 Å². The van der Waals surface area contributed by atoms with Crippen LogP contribution >= 0.6 is 11.6 Å². The smallest absolute Gasteiger partial charge is 0.220 e. The van der Waals surface area contributed by atoms with Gasteiger partial charge in [0.25, 0.3) is 0 Å². The zero-order valence-electron chi connectivity index (χ0n) is 9.97. The molecule has 0 atom stereocenters. The van der Waals surface area contributed by atoms with E-state index >= 15 is 0 Å². The third-order valence-corrected chi connectivity index (χ3v) is 3.62. The molecule has 1 fully saturated rings. The van der Waals surface area contributed by atoms with Crippen molar-refractivity contribution in [3.63, 3.8) is 0 Å². The van der Waals surface area contributed by atoms with Gasteiger partial charge in [-0.1, -0.05) is 6.92 Å². The molecule has 0 aliphatic heterocycles. The van der Waals surface area contributed by atoms with E-state index in [2.05, 4.69) is 12.2 Å². The van der Waals surface area contributed by atoms with Gasteiger partial charge in [0.2, 0.25) is 5.91 Å². The van der Waals surface area contributed by atoms with Gasteiger partial charge in [-0.05, 0) is 38.0 Å². The van der Waals surface area contributed by atoms with Crippen molar-refractivity contribution in [3.8, 4) is 0 Å². The van der Waals surface area contributed by atoms with Crippen molar-refractivity contribution in [3.05, 3.63) is 0 Å². The molecule has 0 bridgehead atoms. The van der Waals surface area contributed by atoms with Crippen molar-refractivity contribution in [1.29, 1.82) is 0 Å². The molecule has 0 aromatic carbocycles. The lowest BCUT2D eigenvalue weighted by molar-refractivity contribution is -0.122. The van der Waals surface area contributed by atoms with E-state index in [9.17, 15) is 9.90 Å². The van der Waals surface area contributed by atoms with E-state index in [4.69, 9.17) is 11.6 Å². The van der Waals surface area contributed by atoms with Gasteiger partial charge in [0.05, 0.1) is 5.60 Å². The minimum Gasteiger partial charge on any atom is -0.388 e. The molecule has 4 heteroatoms. The number of rotatable bonds is 5. The van der Waals surface area contributed by atoms with E-state index < -0.39 is 5.60 Å². The molecule has 0 spiro atoms. The van der Waals surface area contributed by atoms with Crippen LogP contribution in [0.25, 0.3) is 0 Å². The zero-order valence-corrected chi connectivity index (χ0v) is 10.7. The Kier molecular flexibility index (Phi) is 5.56. The van der Waals surface area contributed by atoms with Crippen LogP contribution in [0.1, 0.15) is 45.4 Å². The highest BCUT2D eigenvalue weighted by Gasteiger charge is 2.31. The van der Waals surface area contributed by atoms with Crippen molar-refractivity contribution < 1.29 is 9.90 Å². The Bertz CT molecular complexity index is 225. The van der Waals surface area contributed by atoms with Crippen molar-refractivity contribution in [2.24, 2.45) is 5.92 Å². The number of amides is 1. The average Bonchev–Trinajstić information content (AvgIpc) is 2.28. The van der Waals surface area contributed by atoms with Crippen LogP contribution in [-0.4, -0.2) is 29.0 Å². The number of halogens is 1. The molecule has 0 unspecified atom stereocenters. The SMILES string of the molecule is CC1CCC(O)(CNC(=O)CCCCl)CC1. The quantitative estimate of drug-likeness (QED) is 0.731. The molecule has 0 radical (unpaired) electrons. The summed E-state index contributed by atoms with van der Waals surface area (Å²) in [5.74, 6) is 1.20. The van der Waals surface area contributed by atoms with Gasteiger partial charge in [-0.2, -0.15) is 0 Å². The van der Waals surface area contributed by atoms with Crippen LogP contribution < -0.4 is 5.32 Å². The highest BCUT2D eigenvalue weighted by molar-refractivity contribution is 6.17. The van der Waals surface area contributed by atoms with Crippen molar-refractivity contribution in [2.45, 2.75) is 51.0 Å². The van der Waals surface area contributed by atoms with Gasteiger partial charge in [-0.3, -0.25) is 4.79 Å². The fraction of sp³-hybridized carbons (Fsp3) is 0.917. The monoisotopic (exact) mass is 247 g/mol. The number of carbonyl (C=O) groups is 1. The first-order chi connectivity index (χ1) is 7.56.